The Balaban J connectivity index is 2.20. The molecule has 1 unspecified atom stereocenters. The highest BCUT2D eigenvalue weighted by molar-refractivity contribution is 7.16. The molecule has 0 radical (unpaired) electrons. The van der Waals surface area contributed by atoms with Crippen LogP contribution in [-0.4, -0.2) is 22.7 Å². The number of hydrogen-bond donors (Lipinski definition) is 1. The molecule has 0 spiro atoms. The zero-order valence-electron chi connectivity index (χ0n) is 9.45. The molecule has 1 fully saturated rings. The van der Waals surface area contributed by atoms with Crippen LogP contribution in [0.15, 0.2) is 0 Å². The van der Waals surface area contributed by atoms with Crippen molar-refractivity contribution in [3.63, 3.8) is 0 Å². The van der Waals surface area contributed by atoms with Crippen molar-refractivity contribution in [3.05, 3.63) is 10.0 Å². The first-order chi connectivity index (χ1) is 7.72. The van der Waals surface area contributed by atoms with Gasteiger partial charge < -0.3 is 10.0 Å². The molecule has 3 nitrogen and oxygen atoms in total. The molecule has 1 N–H and O–H groups in total. The average molecular weight is 261 g/mol. The predicted molar refractivity (Wildman–Crippen MR) is 68.3 cm³/mol. The van der Waals surface area contributed by atoms with Gasteiger partial charge in [0, 0.05) is 12.6 Å². The number of hydrogen-bond acceptors (Lipinski definition) is 4. The van der Waals surface area contributed by atoms with E-state index in [9.17, 15) is 0 Å². The van der Waals surface area contributed by atoms with Gasteiger partial charge in [-0.1, -0.05) is 35.8 Å². The number of nitrogens with zero attached hydrogens (tertiary/aromatic N) is 2. The zero-order chi connectivity index (χ0) is 11.5. The Morgan fingerprint density at radius 2 is 2.31 bits per heavy atom. The molecule has 0 amide bonds. The summed E-state index contributed by atoms with van der Waals surface area (Å²) in [5, 5.41) is 10.5. The van der Waals surface area contributed by atoms with E-state index in [1.165, 1.54) is 37.0 Å². The molecular weight excluding hydrogens is 244 g/mol. The van der Waals surface area contributed by atoms with Crippen molar-refractivity contribution in [2.75, 3.05) is 11.4 Å². The second-order valence-corrected chi connectivity index (χ2v) is 5.68. The molecule has 0 aliphatic carbocycles. The van der Waals surface area contributed by atoms with Gasteiger partial charge in [0.2, 0.25) is 0 Å². The lowest BCUT2D eigenvalue weighted by atomic mass is 10.1. The minimum atomic E-state index is -0.0152. The maximum Gasteiger partial charge on any atom is 0.187 e. The van der Waals surface area contributed by atoms with Crippen molar-refractivity contribution < 1.29 is 5.11 Å². The van der Waals surface area contributed by atoms with Gasteiger partial charge in [0.15, 0.2) is 5.13 Å². The lowest BCUT2D eigenvalue weighted by Crippen LogP contribution is -2.32. The molecule has 2 heterocycles. The van der Waals surface area contributed by atoms with Crippen molar-refractivity contribution in [2.45, 2.75) is 45.3 Å². The van der Waals surface area contributed by atoms with E-state index in [4.69, 9.17) is 16.7 Å². The van der Waals surface area contributed by atoms with E-state index in [-0.39, 0.29) is 6.61 Å². The average Bonchev–Trinajstić information content (AvgIpc) is 2.50. The van der Waals surface area contributed by atoms with Crippen LogP contribution in [0, 0.1) is 0 Å². The highest BCUT2D eigenvalue weighted by Crippen LogP contribution is 2.32. The van der Waals surface area contributed by atoms with Gasteiger partial charge in [0.05, 0.1) is 11.5 Å². The number of aliphatic hydroxyl groups excluding tert-OH is 1. The molecule has 1 saturated heterocycles. The van der Waals surface area contributed by atoms with E-state index in [0.29, 0.717) is 11.2 Å². The van der Waals surface area contributed by atoms with Crippen LogP contribution in [0.5, 0.6) is 0 Å². The number of thiazole rings is 1. The number of rotatable bonds is 2. The van der Waals surface area contributed by atoms with Crippen molar-refractivity contribution in [1.29, 1.82) is 0 Å². The summed E-state index contributed by atoms with van der Waals surface area (Å²) in [6, 6.07) is 0.524. The van der Waals surface area contributed by atoms with Gasteiger partial charge in [-0.3, -0.25) is 0 Å². The molecule has 90 valence electrons. The first-order valence-corrected chi connectivity index (χ1v) is 6.94. The van der Waals surface area contributed by atoms with E-state index >= 15 is 0 Å². The van der Waals surface area contributed by atoms with E-state index in [0.717, 1.165) is 16.6 Å². The van der Waals surface area contributed by atoms with Crippen molar-refractivity contribution in [3.8, 4) is 0 Å². The summed E-state index contributed by atoms with van der Waals surface area (Å²) in [6.07, 6.45) is 5.03. The van der Waals surface area contributed by atoms with Gasteiger partial charge in [-0.15, -0.1) is 0 Å². The van der Waals surface area contributed by atoms with E-state index in [1.807, 2.05) is 0 Å². The summed E-state index contributed by atoms with van der Waals surface area (Å²) in [5.74, 6) is 0. The molecule has 1 aromatic rings. The third-order valence-electron chi connectivity index (χ3n) is 3.08. The maximum absolute atomic E-state index is 9.12. The topological polar surface area (TPSA) is 36.4 Å². The van der Waals surface area contributed by atoms with Gasteiger partial charge in [-0.05, 0) is 19.8 Å². The number of aliphatic hydroxyl groups is 1. The van der Waals surface area contributed by atoms with Gasteiger partial charge >= 0.3 is 0 Å². The van der Waals surface area contributed by atoms with Crippen LogP contribution in [-0.2, 0) is 6.61 Å². The minimum absolute atomic E-state index is 0.0152. The molecule has 16 heavy (non-hydrogen) atoms. The van der Waals surface area contributed by atoms with E-state index in [1.54, 1.807) is 0 Å². The molecule has 0 saturated carbocycles. The van der Waals surface area contributed by atoms with Crippen LogP contribution in [0.25, 0.3) is 0 Å². The van der Waals surface area contributed by atoms with Crippen LogP contribution < -0.4 is 4.90 Å². The summed E-state index contributed by atoms with van der Waals surface area (Å²) in [5.41, 5.74) is 0. The van der Waals surface area contributed by atoms with Gasteiger partial charge in [-0.25, -0.2) is 4.98 Å². The van der Waals surface area contributed by atoms with E-state index in [2.05, 4.69) is 16.8 Å². The van der Waals surface area contributed by atoms with E-state index < -0.39 is 0 Å². The molecule has 1 aliphatic heterocycles. The van der Waals surface area contributed by atoms with Crippen LogP contribution in [0.1, 0.15) is 37.5 Å². The van der Waals surface area contributed by atoms with Crippen molar-refractivity contribution >= 4 is 28.1 Å². The summed E-state index contributed by atoms with van der Waals surface area (Å²) in [6.45, 7) is 3.27. The highest BCUT2D eigenvalue weighted by atomic mass is 35.5. The Morgan fingerprint density at radius 3 is 3.00 bits per heavy atom. The minimum Gasteiger partial charge on any atom is -0.391 e. The Bertz CT molecular complexity index is 356. The summed E-state index contributed by atoms with van der Waals surface area (Å²) >= 11 is 7.48. The molecule has 1 atom stereocenters. The zero-order valence-corrected chi connectivity index (χ0v) is 11.0. The molecule has 5 heteroatoms. The fourth-order valence-corrected chi connectivity index (χ4v) is 3.35. The second kappa shape index (κ2) is 5.34. The lowest BCUT2D eigenvalue weighted by molar-refractivity contribution is 0.285. The summed E-state index contributed by atoms with van der Waals surface area (Å²) < 4.78 is 0. The summed E-state index contributed by atoms with van der Waals surface area (Å²) in [7, 11) is 0. The van der Waals surface area contributed by atoms with Crippen LogP contribution in [0.4, 0.5) is 5.13 Å². The fraction of sp³-hybridized carbons (Fsp3) is 0.727. The van der Waals surface area contributed by atoms with Crippen LogP contribution in [0.2, 0.25) is 5.15 Å². The Hall–Kier alpha value is -0.320. The lowest BCUT2D eigenvalue weighted by Gasteiger charge is -2.26. The summed E-state index contributed by atoms with van der Waals surface area (Å²) in [4.78, 5) is 7.44. The molecule has 1 aliphatic rings. The first-order valence-electron chi connectivity index (χ1n) is 5.75. The smallest absolute Gasteiger partial charge is 0.187 e. The van der Waals surface area contributed by atoms with Gasteiger partial charge in [0.25, 0.3) is 0 Å². The van der Waals surface area contributed by atoms with Gasteiger partial charge in [-0.2, -0.15) is 0 Å². The first kappa shape index (κ1) is 12.1. The van der Waals surface area contributed by atoms with Crippen molar-refractivity contribution in [2.24, 2.45) is 0 Å². The third-order valence-corrected chi connectivity index (χ3v) is 4.58. The molecular formula is C11H17ClN2OS. The normalized spacial score (nSPS) is 22.2. The monoisotopic (exact) mass is 260 g/mol. The third kappa shape index (κ3) is 2.50. The largest absolute Gasteiger partial charge is 0.391 e. The second-order valence-electron chi connectivity index (χ2n) is 4.26. The predicted octanol–water partition coefficient (Wildman–Crippen LogP) is 3.06. The Labute approximate surface area is 105 Å². The van der Waals surface area contributed by atoms with Crippen LogP contribution in [0.3, 0.4) is 0 Å². The number of halogens is 1. The maximum atomic E-state index is 9.12. The standard InChI is InChI=1S/C11H17ClN2OS/c1-8-5-3-2-4-6-14(8)11-13-10(12)9(7-15)16-11/h8,15H,2-7H2,1H3. The van der Waals surface area contributed by atoms with Gasteiger partial charge in [0.1, 0.15) is 5.15 Å². The fourth-order valence-electron chi connectivity index (χ4n) is 2.10. The SMILES string of the molecule is CC1CCCCCN1c1nc(Cl)c(CO)s1. The Morgan fingerprint density at radius 1 is 1.50 bits per heavy atom. The number of aromatic nitrogens is 1. The highest BCUT2D eigenvalue weighted by Gasteiger charge is 2.21. The molecule has 0 aromatic carbocycles. The quantitative estimate of drug-likeness (QED) is 0.888. The van der Waals surface area contributed by atoms with Crippen LogP contribution >= 0.6 is 22.9 Å². The molecule has 0 bridgehead atoms. The molecule has 2 rings (SSSR count). The Kier molecular flexibility index (Phi) is 4.05. The van der Waals surface area contributed by atoms with Crippen molar-refractivity contribution in [1.82, 2.24) is 4.98 Å². The number of anilines is 1. The molecule has 1 aromatic heterocycles.